The molecule has 12 nitrogen and oxygen atoms in total. The maximum atomic E-state index is 12.9. The number of urea groups is 1. The van der Waals surface area contributed by atoms with Gasteiger partial charge in [0.2, 0.25) is 5.91 Å². The number of benzene rings is 2. The number of nitrogens with one attached hydrogen (secondary N) is 3. The van der Waals surface area contributed by atoms with Crippen molar-refractivity contribution in [1.29, 1.82) is 0 Å². The van der Waals surface area contributed by atoms with E-state index in [4.69, 9.17) is 20.4 Å². The topological polar surface area (TPSA) is 176 Å². The van der Waals surface area contributed by atoms with Crippen LogP contribution in [0.3, 0.4) is 0 Å². The first-order valence-electron chi connectivity index (χ1n) is 11.8. The van der Waals surface area contributed by atoms with Gasteiger partial charge in [-0.15, -0.1) is 0 Å². The van der Waals surface area contributed by atoms with Crippen molar-refractivity contribution in [1.82, 2.24) is 10.6 Å². The molecule has 1 atom stereocenters. The normalized spacial score (nSPS) is 11.6. The minimum absolute atomic E-state index is 0.0850. The lowest BCUT2D eigenvalue weighted by atomic mass is 10.0. The first kappa shape index (κ1) is 29.5. The second-order valence-electron chi connectivity index (χ2n) is 8.21. The summed E-state index contributed by atoms with van der Waals surface area (Å²) < 4.78 is 5.57. The van der Waals surface area contributed by atoms with E-state index in [1.54, 1.807) is 24.3 Å². The number of ether oxygens (including phenoxy) is 1. The average Bonchev–Trinajstić information content (AvgIpc) is 2.88. The van der Waals surface area contributed by atoms with Gasteiger partial charge >= 0.3 is 12.0 Å². The average molecular weight is 520 g/mol. The lowest BCUT2D eigenvalue weighted by Gasteiger charge is -2.20. The second kappa shape index (κ2) is 16.1. The fourth-order valence-electron chi connectivity index (χ4n) is 3.36. The zero-order valence-electron chi connectivity index (χ0n) is 20.5. The van der Waals surface area contributed by atoms with Crippen molar-refractivity contribution < 1.29 is 44.5 Å². The van der Waals surface area contributed by atoms with Gasteiger partial charge < -0.3 is 25.8 Å². The molecule has 2 aromatic rings. The number of carbonyl (C=O) groups excluding carboxylic acids is 2. The second-order valence-corrected chi connectivity index (χ2v) is 8.21. The molecule has 0 bridgehead atoms. The van der Waals surface area contributed by atoms with E-state index < -0.39 is 24.1 Å². The SMILES string of the molecule is CCCCCNC(=O)C(Cc1ccc(OC(COO)COO)cc1)NC(=O)Nc1ccc(C(=O)O)cc1. The summed E-state index contributed by atoms with van der Waals surface area (Å²) in [6, 6.07) is 10.8. The van der Waals surface area contributed by atoms with Crippen molar-refractivity contribution in [3.8, 4) is 5.75 Å². The van der Waals surface area contributed by atoms with Crippen LogP contribution in [0.15, 0.2) is 48.5 Å². The molecular weight excluding hydrogens is 486 g/mol. The van der Waals surface area contributed by atoms with Crippen molar-refractivity contribution in [2.75, 3.05) is 25.1 Å². The summed E-state index contributed by atoms with van der Waals surface area (Å²) >= 11 is 0. The van der Waals surface area contributed by atoms with Crippen molar-refractivity contribution in [3.63, 3.8) is 0 Å². The third-order valence-electron chi connectivity index (χ3n) is 5.28. The van der Waals surface area contributed by atoms with Crippen molar-refractivity contribution in [2.24, 2.45) is 0 Å². The molecule has 2 aromatic carbocycles. The lowest BCUT2D eigenvalue weighted by molar-refractivity contribution is -0.286. The number of unbranched alkanes of at least 4 members (excludes halogenated alkanes) is 2. The molecule has 12 heteroatoms. The van der Waals surface area contributed by atoms with Gasteiger partial charge in [-0.25, -0.2) is 19.4 Å². The van der Waals surface area contributed by atoms with Crippen LogP contribution >= 0.6 is 0 Å². The summed E-state index contributed by atoms with van der Waals surface area (Å²) in [7, 11) is 0. The molecule has 0 fully saturated rings. The third-order valence-corrected chi connectivity index (χ3v) is 5.28. The van der Waals surface area contributed by atoms with E-state index in [0.717, 1.165) is 24.8 Å². The molecular formula is C25H33N3O9. The van der Waals surface area contributed by atoms with E-state index in [1.807, 2.05) is 0 Å². The molecule has 0 aromatic heterocycles. The Bertz CT molecular complexity index is 978. The van der Waals surface area contributed by atoms with E-state index in [2.05, 4.69) is 32.6 Å². The lowest BCUT2D eigenvalue weighted by Crippen LogP contribution is -2.49. The van der Waals surface area contributed by atoms with Crippen LogP contribution in [0.2, 0.25) is 0 Å². The molecule has 202 valence electrons. The van der Waals surface area contributed by atoms with Crippen molar-refractivity contribution >= 4 is 23.6 Å². The summed E-state index contributed by atoms with van der Waals surface area (Å²) in [6.07, 6.45) is 2.23. The van der Waals surface area contributed by atoms with E-state index in [0.29, 0.717) is 18.0 Å². The Hall–Kier alpha value is -3.71. The molecule has 6 N–H and O–H groups in total. The highest BCUT2D eigenvalue weighted by Crippen LogP contribution is 2.16. The number of hydrogen-bond acceptors (Lipinski definition) is 8. The zero-order chi connectivity index (χ0) is 27.0. The Morgan fingerprint density at radius 3 is 2.14 bits per heavy atom. The van der Waals surface area contributed by atoms with Crippen LogP contribution in [0.5, 0.6) is 5.75 Å². The fourth-order valence-corrected chi connectivity index (χ4v) is 3.36. The quantitative estimate of drug-likeness (QED) is 0.110. The molecule has 0 aliphatic carbocycles. The van der Waals surface area contributed by atoms with Crippen LogP contribution in [-0.4, -0.2) is 65.4 Å². The minimum atomic E-state index is -1.08. The number of anilines is 1. The summed E-state index contributed by atoms with van der Waals surface area (Å²) in [4.78, 5) is 44.6. The molecule has 0 saturated carbocycles. The molecule has 3 amide bonds. The van der Waals surface area contributed by atoms with Crippen LogP contribution in [0.1, 0.15) is 42.1 Å². The van der Waals surface area contributed by atoms with Gasteiger partial charge in [0, 0.05) is 18.7 Å². The number of rotatable bonds is 16. The molecule has 0 aliphatic heterocycles. The molecule has 0 saturated heterocycles. The van der Waals surface area contributed by atoms with Crippen LogP contribution in [-0.2, 0) is 21.0 Å². The predicted octanol–water partition coefficient (Wildman–Crippen LogP) is 3.15. The van der Waals surface area contributed by atoms with Gasteiger partial charge in [-0.2, -0.15) is 0 Å². The Balaban J connectivity index is 2.05. The van der Waals surface area contributed by atoms with Gasteiger partial charge in [0.25, 0.3) is 0 Å². The summed E-state index contributed by atoms with van der Waals surface area (Å²) in [6.45, 7) is 2.10. The summed E-state index contributed by atoms with van der Waals surface area (Å²) in [5.74, 6) is -1.00. The number of carboxylic acid groups (broad SMARTS) is 1. The molecule has 0 spiro atoms. The fraction of sp³-hybridized carbons (Fsp3) is 0.400. The Morgan fingerprint density at radius 2 is 1.57 bits per heavy atom. The minimum Gasteiger partial charge on any atom is -0.485 e. The molecule has 0 heterocycles. The first-order chi connectivity index (χ1) is 17.9. The highest BCUT2D eigenvalue weighted by atomic mass is 17.1. The van der Waals surface area contributed by atoms with Gasteiger partial charge in [0.15, 0.2) is 6.10 Å². The van der Waals surface area contributed by atoms with Crippen molar-refractivity contribution in [3.05, 3.63) is 59.7 Å². The highest BCUT2D eigenvalue weighted by molar-refractivity contribution is 5.94. The maximum Gasteiger partial charge on any atom is 0.335 e. The van der Waals surface area contributed by atoms with Gasteiger partial charge in [-0.05, 0) is 48.4 Å². The maximum absolute atomic E-state index is 12.9. The largest absolute Gasteiger partial charge is 0.485 e. The van der Waals surface area contributed by atoms with Gasteiger partial charge in [0.1, 0.15) is 25.0 Å². The molecule has 37 heavy (non-hydrogen) atoms. The zero-order valence-corrected chi connectivity index (χ0v) is 20.5. The van der Waals surface area contributed by atoms with Crippen LogP contribution in [0, 0.1) is 0 Å². The van der Waals surface area contributed by atoms with Crippen LogP contribution in [0.25, 0.3) is 0 Å². The van der Waals surface area contributed by atoms with Gasteiger partial charge in [0.05, 0.1) is 5.56 Å². The van der Waals surface area contributed by atoms with Gasteiger partial charge in [-0.3, -0.25) is 15.3 Å². The molecule has 1 unspecified atom stereocenters. The molecule has 0 aliphatic rings. The Morgan fingerprint density at radius 1 is 0.919 bits per heavy atom. The molecule has 0 radical (unpaired) electrons. The summed E-state index contributed by atoms with van der Waals surface area (Å²) in [5.41, 5.74) is 1.20. The van der Waals surface area contributed by atoms with Crippen molar-refractivity contribution in [2.45, 2.75) is 44.8 Å². The van der Waals surface area contributed by atoms with E-state index in [1.165, 1.54) is 24.3 Å². The number of hydrogen-bond donors (Lipinski definition) is 6. The standard InChI is InChI=1S/C25H33N3O9/c1-2-3-4-13-26-23(29)22(28-25(32)27-19-9-7-18(8-10-19)24(30)31)14-17-5-11-20(12-6-17)37-21(15-35-33)16-36-34/h5-12,21-22,33-34H,2-4,13-16H2,1H3,(H,26,29)(H,30,31)(H2,27,28,32). The Kier molecular flexibility index (Phi) is 12.9. The smallest absolute Gasteiger partial charge is 0.335 e. The van der Waals surface area contributed by atoms with Crippen LogP contribution < -0.4 is 20.7 Å². The van der Waals surface area contributed by atoms with Crippen LogP contribution in [0.4, 0.5) is 10.5 Å². The number of carbonyl (C=O) groups is 3. The highest BCUT2D eigenvalue weighted by Gasteiger charge is 2.21. The molecule has 2 rings (SSSR count). The van der Waals surface area contributed by atoms with E-state index in [-0.39, 0.29) is 31.1 Å². The predicted molar refractivity (Wildman–Crippen MR) is 134 cm³/mol. The number of carboxylic acids is 1. The number of amides is 3. The van der Waals surface area contributed by atoms with Gasteiger partial charge in [-0.1, -0.05) is 31.9 Å². The third kappa shape index (κ3) is 10.8. The summed E-state index contributed by atoms with van der Waals surface area (Å²) in [5, 5.41) is 34.3. The first-order valence-corrected chi connectivity index (χ1v) is 11.8. The monoisotopic (exact) mass is 519 g/mol. The van der Waals surface area contributed by atoms with E-state index >= 15 is 0 Å². The Labute approximate surface area is 214 Å². The van der Waals surface area contributed by atoms with E-state index in [9.17, 15) is 14.4 Å². The number of aromatic carboxylic acids is 1.